The predicted molar refractivity (Wildman–Crippen MR) is 71.0 cm³/mol. The lowest BCUT2D eigenvalue weighted by Gasteiger charge is -2.24. The van der Waals surface area contributed by atoms with Crippen LogP contribution in [0.1, 0.15) is 40.0 Å². The van der Waals surface area contributed by atoms with Crippen molar-refractivity contribution in [3.8, 4) is 0 Å². The fourth-order valence-corrected chi connectivity index (χ4v) is 1.81. The van der Waals surface area contributed by atoms with Crippen LogP contribution in [0.4, 0.5) is 0 Å². The van der Waals surface area contributed by atoms with Crippen LogP contribution in [0.3, 0.4) is 0 Å². The number of amides is 1. The van der Waals surface area contributed by atoms with Gasteiger partial charge in [0.05, 0.1) is 0 Å². The zero-order valence-electron chi connectivity index (χ0n) is 11.6. The van der Waals surface area contributed by atoms with Gasteiger partial charge in [0.1, 0.15) is 0 Å². The van der Waals surface area contributed by atoms with E-state index >= 15 is 0 Å². The molecule has 4 heteroatoms. The maximum atomic E-state index is 11.6. The fourth-order valence-electron chi connectivity index (χ4n) is 1.81. The summed E-state index contributed by atoms with van der Waals surface area (Å²) in [6.45, 7) is 7.87. The number of carbonyl (C=O) groups excluding carboxylic acids is 1. The maximum absolute atomic E-state index is 11.6. The molecule has 100 valence electrons. The van der Waals surface area contributed by atoms with Crippen molar-refractivity contribution in [1.29, 1.82) is 0 Å². The van der Waals surface area contributed by atoms with Crippen LogP contribution < -0.4 is 10.6 Å². The highest BCUT2D eigenvalue weighted by atomic mass is 16.1. The van der Waals surface area contributed by atoms with Gasteiger partial charge in [0.2, 0.25) is 5.91 Å². The lowest BCUT2D eigenvalue weighted by atomic mass is 10.2. The van der Waals surface area contributed by atoms with Crippen LogP contribution in [0.5, 0.6) is 0 Å². The van der Waals surface area contributed by atoms with Gasteiger partial charge < -0.3 is 10.6 Å². The Labute approximate surface area is 105 Å². The third-order valence-electron chi connectivity index (χ3n) is 3.32. The van der Waals surface area contributed by atoms with Gasteiger partial charge in [-0.25, -0.2) is 0 Å². The summed E-state index contributed by atoms with van der Waals surface area (Å²) in [7, 11) is 2.15. The first kappa shape index (κ1) is 14.5. The Kier molecular flexibility index (Phi) is 5.92. The van der Waals surface area contributed by atoms with Gasteiger partial charge >= 0.3 is 0 Å². The molecule has 0 bridgehead atoms. The molecular formula is C13H27N3O. The highest BCUT2D eigenvalue weighted by Gasteiger charge is 2.28. The van der Waals surface area contributed by atoms with Gasteiger partial charge in [-0.3, -0.25) is 9.69 Å². The van der Waals surface area contributed by atoms with Crippen molar-refractivity contribution in [3.63, 3.8) is 0 Å². The summed E-state index contributed by atoms with van der Waals surface area (Å²) in [6.07, 6.45) is 3.19. The Balaban J connectivity index is 2.06. The van der Waals surface area contributed by atoms with Gasteiger partial charge in [0.25, 0.3) is 0 Å². The van der Waals surface area contributed by atoms with Crippen molar-refractivity contribution in [1.82, 2.24) is 15.5 Å². The van der Waals surface area contributed by atoms with E-state index < -0.39 is 0 Å². The van der Waals surface area contributed by atoms with E-state index in [0.717, 1.165) is 19.1 Å². The Bertz CT molecular complexity index is 239. The molecule has 0 aromatic rings. The fraction of sp³-hybridized carbons (Fsp3) is 0.923. The zero-order valence-corrected chi connectivity index (χ0v) is 11.6. The molecule has 0 aromatic carbocycles. The Morgan fingerprint density at radius 3 is 2.53 bits per heavy atom. The van der Waals surface area contributed by atoms with Crippen LogP contribution in [0.15, 0.2) is 0 Å². The molecule has 1 amide bonds. The van der Waals surface area contributed by atoms with Gasteiger partial charge in [-0.2, -0.15) is 0 Å². The SMILES string of the molecule is CC(C)NCCC(=O)NCC(C)N(C)C1CC1. The molecule has 0 aliphatic heterocycles. The number of nitrogens with one attached hydrogen (secondary N) is 2. The monoisotopic (exact) mass is 241 g/mol. The molecule has 0 aromatic heterocycles. The van der Waals surface area contributed by atoms with E-state index in [-0.39, 0.29) is 5.91 Å². The summed E-state index contributed by atoms with van der Waals surface area (Å²) in [5, 5.41) is 6.24. The van der Waals surface area contributed by atoms with Gasteiger partial charge in [-0.05, 0) is 26.8 Å². The van der Waals surface area contributed by atoms with Crippen molar-refractivity contribution in [2.75, 3.05) is 20.1 Å². The van der Waals surface area contributed by atoms with Crippen molar-refractivity contribution in [3.05, 3.63) is 0 Å². The van der Waals surface area contributed by atoms with Crippen LogP contribution in [-0.4, -0.2) is 49.1 Å². The molecule has 0 heterocycles. The van der Waals surface area contributed by atoms with Crippen molar-refractivity contribution in [2.24, 2.45) is 0 Å². The average Bonchev–Trinajstić information content (AvgIpc) is 3.08. The first-order chi connectivity index (χ1) is 8.00. The van der Waals surface area contributed by atoms with E-state index in [1.165, 1.54) is 12.8 Å². The molecule has 2 N–H and O–H groups in total. The van der Waals surface area contributed by atoms with E-state index in [0.29, 0.717) is 18.5 Å². The molecular weight excluding hydrogens is 214 g/mol. The van der Waals surface area contributed by atoms with Gasteiger partial charge in [0.15, 0.2) is 0 Å². The second-order valence-corrected chi connectivity index (χ2v) is 5.41. The van der Waals surface area contributed by atoms with Crippen molar-refractivity contribution >= 4 is 5.91 Å². The molecule has 1 aliphatic rings. The zero-order chi connectivity index (χ0) is 12.8. The minimum atomic E-state index is 0.147. The Hall–Kier alpha value is -0.610. The van der Waals surface area contributed by atoms with E-state index in [1.54, 1.807) is 0 Å². The number of hydrogen-bond donors (Lipinski definition) is 2. The van der Waals surface area contributed by atoms with Crippen LogP contribution in [0.25, 0.3) is 0 Å². The molecule has 0 saturated heterocycles. The third-order valence-corrected chi connectivity index (χ3v) is 3.32. The van der Waals surface area contributed by atoms with E-state index in [4.69, 9.17) is 0 Å². The van der Waals surface area contributed by atoms with E-state index in [1.807, 2.05) is 0 Å². The quantitative estimate of drug-likeness (QED) is 0.665. The highest BCUT2D eigenvalue weighted by Crippen LogP contribution is 2.26. The van der Waals surface area contributed by atoms with Crippen LogP contribution in [0, 0.1) is 0 Å². The number of hydrogen-bond acceptors (Lipinski definition) is 3. The van der Waals surface area contributed by atoms with Crippen molar-refractivity contribution in [2.45, 2.75) is 58.2 Å². The number of carbonyl (C=O) groups is 1. The summed E-state index contributed by atoms with van der Waals surface area (Å²) >= 11 is 0. The second kappa shape index (κ2) is 6.97. The summed E-state index contributed by atoms with van der Waals surface area (Å²) in [4.78, 5) is 13.9. The molecule has 1 unspecified atom stereocenters. The molecule has 1 saturated carbocycles. The summed E-state index contributed by atoms with van der Waals surface area (Å²) in [5.74, 6) is 0.147. The van der Waals surface area contributed by atoms with Gasteiger partial charge in [0, 0.05) is 37.6 Å². The number of rotatable bonds is 8. The molecule has 1 atom stereocenters. The lowest BCUT2D eigenvalue weighted by Crippen LogP contribution is -2.41. The van der Waals surface area contributed by atoms with Crippen molar-refractivity contribution < 1.29 is 4.79 Å². The van der Waals surface area contributed by atoms with Crippen LogP contribution in [0.2, 0.25) is 0 Å². The Morgan fingerprint density at radius 1 is 1.35 bits per heavy atom. The molecule has 1 rings (SSSR count). The summed E-state index contributed by atoms with van der Waals surface area (Å²) in [6, 6.07) is 1.64. The van der Waals surface area contributed by atoms with Crippen LogP contribution >= 0.6 is 0 Å². The normalized spacial score (nSPS) is 17.5. The molecule has 1 aliphatic carbocycles. The highest BCUT2D eigenvalue weighted by molar-refractivity contribution is 5.76. The van der Waals surface area contributed by atoms with E-state index in [2.05, 4.69) is 43.4 Å². The number of nitrogens with zero attached hydrogens (tertiary/aromatic N) is 1. The van der Waals surface area contributed by atoms with Crippen LogP contribution in [-0.2, 0) is 4.79 Å². The smallest absolute Gasteiger partial charge is 0.221 e. The third kappa shape index (κ3) is 6.03. The second-order valence-electron chi connectivity index (χ2n) is 5.41. The number of likely N-dealkylation sites (N-methyl/N-ethyl adjacent to an activating group) is 1. The maximum Gasteiger partial charge on any atom is 0.221 e. The first-order valence-electron chi connectivity index (χ1n) is 6.72. The lowest BCUT2D eigenvalue weighted by molar-refractivity contribution is -0.121. The summed E-state index contributed by atoms with van der Waals surface area (Å²) < 4.78 is 0. The summed E-state index contributed by atoms with van der Waals surface area (Å²) in [5.41, 5.74) is 0. The molecule has 0 spiro atoms. The minimum absolute atomic E-state index is 0.147. The standard InChI is InChI=1S/C13H27N3O/c1-10(2)14-8-7-13(17)15-9-11(3)16(4)12-5-6-12/h10-12,14H,5-9H2,1-4H3,(H,15,17). The van der Waals surface area contributed by atoms with Gasteiger partial charge in [-0.15, -0.1) is 0 Å². The first-order valence-corrected chi connectivity index (χ1v) is 6.72. The predicted octanol–water partition coefficient (Wildman–Crippen LogP) is 0.973. The largest absolute Gasteiger partial charge is 0.355 e. The molecule has 0 radical (unpaired) electrons. The minimum Gasteiger partial charge on any atom is -0.355 e. The molecule has 1 fully saturated rings. The molecule has 4 nitrogen and oxygen atoms in total. The average molecular weight is 241 g/mol. The topological polar surface area (TPSA) is 44.4 Å². The van der Waals surface area contributed by atoms with Gasteiger partial charge in [-0.1, -0.05) is 13.8 Å². The Morgan fingerprint density at radius 2 is 2.00 bits per heavy atom. The molecule has 17 heavy (non-hydrogen) atoms. The van der Waals surface area contributed by atoms with E-state index in [9.17, 15) is 4.79 Å².